The number of hydrogen-bond acceptors (Lipinski definition) is 3. The number of amides is 2. The zero-order valence-corrected chi connectivity index (χ0v) is 12.0. The Hall–Kier alpha value is -1.88. The van der Waals surface area contributed by atoms with E-state index < -0.39 is 6.04 Å². The summed E-state index contributed by atoms with van der Waals surface area (Å²) in [7, 11) is 4.00. The summed E-state index contributed by atoms with van der Waals surface area (Å²) in [5.74, 6) is -0.113. The van der Waals surface area contributed by atoms with E-state index in [1.165, 1.54) is 0 Å². The highest BCUT2D eigenvalue weighted by atomic mass is 16.2. The van der Waals surface area contributed by atoms with Crippen LogP contribution in [0.25, 0.3) is 0 Å². The summed E-state index contributed by atoms with van der Waals surface area (Å²) in [6, 6.07) is 8.84. The Morgan fingerprint density at radius 3 is 2.60 bits per heavy atom. The molecular weight excluding hydrogens is 254 g/mol. The van der Waals surface area contributed by atoms with Gasteiger partial charge < -0.3 is 15.1 Å². The summed E-state index contributed by atoms with van der Waals surface area (Å²) in [6.07, 6.45) is 0.869. The maximum absolute atomic E-state index is 12.4. The fourth-order valence-corrected chi connectivity index (χ4v) is 2.34. The third-order valence-electron chi connectivity index (χ3n) is 3.36. The third kappa shape index (κ3) is 3.57. The molecule has 1 saturated heterocycles. The molecule has 1 heterocycles. The topological polar surface area (TPSA) is 52.6 Å². The predicted octanol–water partition coefficient (Wildman–Crippen LogP) is 0.638. The first kappa shape index (κ1) is 14.5. The minimum Gasteiger partial charge on any atom is -0.339 e. The Morgan fingerprint density at radius 1 is 1.25 bits per heavy atom. The van der Waals surface area contributed by atoms with Crippen molar-refractivity contribution in [1.29, 1.82) is 0 Å². The lowest BCUT2D eigenvalue weighted by Crippen LogP contribution is -2.53. The average Bonchev–Trinajstić information content (AvgIpc) is 2.43. The van der Waals surface area contributed by atoms with E-state index in [1.54, 1.807) is 4.90 Å². The van der Waals surface area contributed by atoms with Crippen molar-refractivity contribution < 1.29 is 9.59 Å². The molecule has 0 spiro atoms. The molecule has 0 aliphatic carbocycles. The van der Waals surface area contributed by atoms with E-state index in [1.807, 2.05) is 44.4 Å². The first-order chi connectivity index (χ1) is 9.58. The molecular formula is C15H21N3O2. The standard InChI is InChI=1S/C15H21N3O2/c1-17(2)9-6-10-18-11-13(19)16-14(15(18)20)12-7-4-3-5-8-12/h3-5,7-8,14H,6,9-11H2,1-2H3,(H,16,19). The summed E-state index contributed by atoms with van der Waals surface area (Å²) in [5.41, 5.74) is 0.836. The lowest BCUT2D eigenvalue weighted by Gasteiger charge is -2.33. The van der Waals surface area contributed by atoms with Crippen molar-refractivity contribution in [1.82, 2.24) is 15.1 Å². The Bertz CT molecular complexity index is 473. The van der Waals surface area contributed by atoms with E-state index in [-0.39, 0.29) is 18.4 Å². The lowest BCUT2D eigenvalue weighted by molar-refractivity contribution is -0.144. The SMILES string of the molecule is CN(C)CCCN1CC(=O)NC(c2ccccc2)C1=O. The first-order valence-corrected chi connectivity index (χ1v) is 6.86. The molecule has 0 radical (unpaired) electrons. The van der Waals surface area contributed by atoms with Crippen molar-refractivity contribution in [3.63, 3.8) is 0 Å². The molecule has 5 heteroatoms. The van der Waals surface area contributed by atoms with Crippen molar-refractivity contribution in [2.75, 3.05) is 33.7 Å². The number of benzene rings is 1. The van der Waals surface area contributed by atoms with Crippen LogP contribution in [0.1, 0.15) is 18.0 Å². The first-order valence-electron chi connectivity index (χ1n) is 6.86. The van der Waals surface area contributed by atoms with Crippen molar-refractivity contribution in [3.05, 3.63) is 35.9 Å². The van der Waals surface area contributed by atoms with Crippen LogP contribution in [-0.4, -0.2) is 55.3 Å². The minimum atomic E-state index is -0.545. The molecule has 1 aromatic carbocycles. The van der Waals surface area contributed by atoms with Gasteiger partial charge in [0.05, 0.1) is 6.54 Å². The molecule has 2 amide bonds. The van der Waals surface area contributed by atoms with E-state index in [9.17, 15) is 9.59 Å². The molecule has 1 aromatic rings. The second kappa shape index (κ2) is 6.52. The summed E-state index contributed by atoms with van der Waals surface area (Å²) < 4.78 is 0. The van der Waals surface area contributed by atoms with Gasteiger partial charge in [-0.2, -0.15) is 0 Å². The van der Waals surface area contributed by atoms with Gasteiger partial charge in [-0.3, -0.25) is 9.59 Å². The number of piperazine rings is 1. The Balaban J connectivity index is 2.04. The molecule has 1 N–H and O–H groups in total. The highest BCUT2D eigenvalue weighted by Crippen LogP contribution is 2.19. The van der Waals surface area contributed by atoms with Gasteiger partial charge in [0.15, 0.2) is 0 Å². The van der Waals surface area contributed by atoms with Crippen molar-refractivity contribution >= 4 is 11.8 Å². The van der Waals surface area contributed by atoms with Crippen LogP contribution in [0, 0.1) is 0 Å². The van der Waals surface area contributed by atoms with Gasteiger partial charge in [0.1, 0.15) is 6.04 Å². The number of rotatable bonds is 5. The van der Waals surface area contributed by atoms with E-state index in [2.05, 4.69) is 10.2 Å². The zero-order valence-electron chi connectivity index (χ0n) is 12.0. The van der Waals surface area contributed by atoms with Crippen LogP contribution in [-0.2, 0) is 9.59 Å². The molecule has 1 aliphatic heterocycles. The van der Waals surface area contributed by atoms with E-state index >= 15 is 0 Å². The molecule has 108 valence electrons. The summed E-state index contributed by atoms with van der Waals surface area (Å²) in [6.45, 7) is 1.69. The normalized spacial score (nSPS) is 19.4. The molecule has 2 rings (SSSR count). The zero-order chi connectivity index (χ0) is 14.5. The molecule has 1 fully saturated rings. The molecule has 1 aliphatic rings. The predicted molar refractivity (Wildman–Crippen MR) is 77.1 cm³/mol. The molecule has 0 saturated carbocycles. The third-order valence-corrected chi connectivity index (χ3v) is 3.36. The fraction of sp³-hybridized carbons (Fsp3) is 0.467. The van der Waals surface area contributed by atoms with Crippen LogP contribution in [0.5, 0.6) is 0 Å². The van der Waals surface area contributed by atoms with Gasteiger partial charge in [0.2, 0.25) is 11.8 Å². The van der Waals surface area contributed by atoms with Crippen LogP contribution < -0.4 is 5.32 Å². The van der Waals surface area contributed by atoms with E-state index in [4.69, 9.17) is 0 Å². The number of nitrogens with zero attached hydrogens (tertiary/aromatic N) is 2. The minimum absolute atomic E-state index is 0.0189. The summed E-state index contributed by atoms with van der Waals surface area (Å²) in [4.78, 5) is 28.0. The van der Waals surface area contributed by atoms with Gasteiger partial charge in [-0.05, 0) is 32.6 Å². The van der Waals surface area contributed by atoms with Crippen molar-refractivity contribution in [2.24, 2.45) is 0 Å². The Labute approximate surface area is 119 Å². The number of hydrogen-bond donors (Lipinski definition) is 1. The van der Waals surface area contributed by atoms with E-state index in [0.29, 0.717) is 6.54 Å². The van der Waals surface area contributed by atoms with Gasteiger partial charge in [-0.15, -0.1) is 0 Å². The quantitative estimate of drug-likeness (QED) is 0.858. The van der Waals surface area contributed by atoms with Gasteiger partial charge in [-0.1, -0.05) is 30.3 Å². The van der Waals surface area contributed by atoms with Gasteiger partial charge >= 0.3 is 0 Å². The molecule has 1 unspecified atom stereocenters. The summed E-state index contributed by atoms with van der Waals surface area (Å²) in [5, 5.41) is 2.77. The van der Waals surface area contributed by atoms with E-state index in [0.717, 1.165) is 18.5 Å². The van der Waals surface area contributed by atoms with Crippen LogP contribution in [0.2, 0.25) is 0 Å². The van der Waals surface area contributed by atoms with Crippen LogP contribution >= 0.6 is 0 Å². The molecule has 0 bridgehead atoms. The Morgan fingerprint density at radius 2 is 1.95 bits per heavy atom. The fourth-order valence-electron chi connectivity index (χ4n) is 2.34. The number of carbonyl (C=O) groups excluding carboxylic acids is 2. The number of carbonyl (C=O) groups is 2. The second-order valence-corrected chi connectivity index (χ2v) is 5.33. The highest BCUT2D eigenvalue weighted by molar-refractivity contribution is 5.95. The number of nitrogens with one attached hydrogen (secondary N) is 1. The largest absolute Gasteiger partial charge is 0.339 e. The second-order valence-electron chi connectivity index (χ2n) is 5.33. The van der Waals surface area contributed by atoms with Crippen LogP contribution in [0.4, 0.5) is 0 Å². The highest BCUT2D eigenvalue weighted by Gasteiger charge is 2.33. The Kier molecular flexibility index (Phi) is 4.74. The maximum Gasteiger partial charge on any atom is 0.250 e. The van der Waals surface area contributed by atoms with Gasteiger partial charge in [0.25, 0.3) is 0 Å². The van der Waals surface area contributed by atoms with Crippen LogP contribution in [0.15, 0.2) is 30.3 Å². The van der Waals surface area contributed by atoms with Gasteiger partial charge in [-0.25, -0.2) is 0 Å². The maximum atomic E-state index is 12.4. The van der Waals surface area contributed by atoms with Crippen molar-refractivity contribution in [3.8, 4) is 0 Å². The van der Waals surface area contributed by atoms with Gasteiger partial charge in [0, 0.05) is 6.54 Å². The monoisotopic (exact) mass is 275 g/mol. The smallest absolute Gasteiger partial charge is 0.250 e. The molecule has 20 heavy (non-hydrogen) atoms. The molecule has 5 nitrogen and oxygen atoms in total. The molecule has 0 aromatic heterocycles. The van der Waals surface area contributed by atoms with Crippen molar-refractivity contribution in [2.45, 2.75) is 12.5 Å². The lowest BCUT2D eigenvalue weighted by atomic mass is 10.0. The summed E-state index contributed by atoms with van der Waals surface area (Å²) >= 11 is 0. The van der Waals surface area contributed by atoms with Crippen LogP contribution in [0.3, 0.4) is 0 Å². The average molecular weight is 275 g/mol. The molecule has 1 atom stereocenters.